The van der Waals surface area contributed by atoms with Gasteiger partial charge in [-0.15, -0.1) is 5.10 Å². The van der Waals surface area contributed by atoms with E-state index in [2.05, 4.69) is 21.7 Å². The van der Waals surface area contributed by atoms with E-state index in [0.29, 0.717) is 16.6 Å². The van der Waals surface area contributed by atoms with Gasteiger partial charge in [-0.3, -0.25) is 0 Å². The molecule has 1 heterocycles. The summed E-state index contributed by atoms with van der Waals surface area (Å²) in [5.41, 5.74) is 2.83. The maximum atomic E-state index is 5.98. The summed E-state index contributed by atoms with van der Waals surface area (Å²) in [6.07, 6.45) is 0. The first-order valence-corrected chi connectivity index (χ1v) is 7.24. The molecule has 0 saturated heterocycles. The molecule has 3 nitrogen and oxygen atoms in total. The van der Waals surface area contributed by atoms with Gasteiger partial charge in [0.1, 0.15) is 22.4 Å². The first-order chi connectivity index (χ1) is 9.84. The first-order valence-electron chi connectivity index (χ1n) is 6.08. The Bertz CT molecular complexity index is 700. The highest BCUT2D eigenvalue weighted by atomic mass is 35.5. The second kappa shape index (κ2) is 6.03. The third kappa shape index (κ3) is 2.81. The fourth-order valence-corrected chi connectivity index (χ4v) is 2.48. The molecule has 0 saturated carbocycles. The zero-order chi connectivity index (χ0) is 13.8. The van der Waals surface area contributed by atoms with E-state index in [1.165, 1.54) is 0 Å². The maximum absolute atomic E-state index is 5.98. The van der Waals surface area contributed by atoms with E-state index in [-0.39, 0.29) is 0 Å². The molecule has 20 heavy (non-hydrogen) atoms. The van der Waals surface area contributed by atoms with Crippen molar-refractivity contribution in [2.24, 2.45) is 0 Å². The predicted molar refractivity (Wildman–Crippen MR) is 81.1 cm³/mol. The molecule has 3 aromatic rings. The second-order valence-corrected chi connectivity index (χ2v) is 5.50. The summed E-state index contributed by atoms with van der Waals surface area (Å²) in [7, 11) is 0. The van der Waals surface area contributed by atoms with Gasteiger partial charge in [0, 0.05) is 17.1 Å². The Hall–Kier alpha value is -1.91. The fraction of sp³-hybridized carbons (Fsp3) is 0.0667. The number of benzene rings is 2. The van der Waals surface area contributed by atoms with Crippen LogP contribution in [0.3, 0.4) is 0 Å². The van der Waals surface area contributed by atoms with Gasteiger partial charge in [-0.1, -0.05) is 64.6 Å². The number of aromatic nitrogens is 2. The van der Waals surface area contributed by atoms with Crippen LogP contribution in [0.25, 0.3) is 11.1 Å². The fourth-order valence-electron chi connectivity index (χ4n) is 1.88. The Morgan fingerprint density at radius 3 is 2.50 bits per heavy atom. The van der Waals surface area contributed by atoms with E-state index in [1.54, 1.807) is 0 Å². The van der Waals surface area contributed by atoms with Crippen molar-refractivity contribution in [3.8, 4) is 16.9 Å². The van der Waals surface area contributed by atoms with Crippen molar-refractivity contribution in [3.63, 3.8) is 0 Å². The second-order valence-electron chi connectivity index (χ2n) is 4.14. The number of para-hydroxylation sites is 1. The number of hydrogen-bond donors (Lipinski definition) is 0. The minimum absolute atomic E-state index is 0.319. The topological polar surface area (TPSA) is 35.0 Å². The largest absolute Gasteiger partial charge is 0.486 e. The van der Waals surface area contributed by atoms with Crippen molar-refractivity contribution in [2.75, 3.05) is 0 Å². The van der Waals surface area contributed by atoms with E-state index in [0.717, 1.165) is 28.4 Å². The molecule has 1 aromatic heterocycles. The zero-order valence-corrected chi connectivity index (χ0v) is 12.1. The van der Waals surface area contributed by atoms with Gasteiger partial charge in [0.15, 0.2) is 0 Å². The van der Waals surface area contributed by atoms with Crippen LogP contribution in [-0.4, -0.2) is 9.59 Å². The van der Waals surface area contributed by atoms with Crippen molar-refractivity contribution in [1.82, 2.24) is 9.59 Å². The lowest BCUT2D eigenvalue weighted by atomic mass is 10.1. The van der Waals surface area contributed by atoms with Gasteiger partial charge in [-0.2, -0.15) is 0 Å². The molecule has 0 aliphatic carbocycles. The molecule has 0 unspecified atom stereocenters. The minimum atomic E-state index is 0.319. The Morgan fingerprint density at radius 1 is 1.00 bits per heavy atom. The van der Waals surface area contributed by atoms with E-state index >= 15 is 0 Å². The van der Waals surface area contributed by atoms with Gasteiger partial charge in [-0.25, -0.2) is 0 Å². The molecule has 100 valence electrons. The Kier molecular flexibility index (Phi) is 3.95. The molecule has 0 spiro atoms. The van der Waals surface area contributed by atoms with Crippen LogP contribution in [0.15, 0.2) is 54.6 Å². The van der Waals surface area contributed by atoms with E-state index in [1.807, 2.05) is 42.5 Å². The third-order valence-corrected chi connectivity index (χ3v) is 3.83. The van der Waals surface area contributed by atoms with E-state index in [9.17, 15) is 0 Å². The molecule has 3 rings (SSSR count). The summed E-state index contributed by atoms with van der Waals surface area (Å²) < 4.78 is 10.2. The van der Waals surface area contributed by atoms with Crippen molar-refractivity contribution in [1.29, 1.82) is 0 Å². The smallest absolute Gasteiger partial charge is 0.141 e. The maximum Gasteiger partial charge on any atom is 0.141 e. The first kappa shape index (κ1) is 13.1. The summed E-state index contributed by atoms with van der Waals surface area (Å²) in [5.74, 6) is 0.808. The molecule has 2 aromatic carbocycles. The average Bonchev–Trinajstić information content (AvgIpc) is 2.92. The average molecular weight is 303 g/mol. The number of rotatable bonds is 4. The Balaban J connectivity index is 1.85. The van der Waals surface area contributed by atoms with Crippen LogP contribution in [0.4, 0.5) is 0 Å². The van der Waals surface area contributed by atoms with Crippen molar-refractivity contribution in [3.05, 3.63) is 64.6 Å². The standard InChI is InChI=1S/C15H11ClN2OS/c16-15-13(17-18-20-15)10-19-14-9-5-4-8-12(14)11-6-2-1-3-7-11/h1-9H,10H2. The number of nitrogens with zero attached hydrogens (tertiary/aromatic N) is 2. The monoisotopic (exact) mass is 302 g/mol. The van der Waals surface area contributed by atoms with Crippen molar-refractivity contribution >= 4 is 23.1 Å². The van der Waals surface area contributed by atoms with E-state index in [4.69, 9.17) is 16.3 Å². The van der Waals surface area contributed by atoms with Crippen molar-refractivity contribution < 1.29 is 4.74 Å². The molecule has 0 aliphatic rings. The molecule has 0 bridgehead atoms. The zero-order valence-electron chi connectivity index (χ0n) is 10.5. The number of hydrogen-bond acceptors (Lipinski definition) is 4. The highest BCUT2D eigenvalue weighted by Crippen LogP contribution is 2.30. The summed E-state index contributed by atoms with van der Waals surface area (Å²) in [4.78, 5) is 0. The van der Waals surface area contributed by atoms with Crippen LogP contribution in [-0.2, 0) is 6.61 Å². The van der Waals surface area contributed by atoms with Gasteiger partial charge in [0.2, 0.25) is 0 Å². The van der Waals surface area contributed by atoms with Crippen LogP contribution in [0, 0.1) is 0 Å². The van der Waals surface area contributed by atoms with Crippen LogP contribution in [0.1, 0.15) is 5.69 Å². The van der Waals surface area contributed by atoms with Crippen LogP contribution in [0.2, 0.25) is 4.34 Å². The quantitative estimate of drug-likeness (QED) is 0.715. The van der Waals surface area contributed by atoms with Gasteiger partial charge in [0.25, 0.3) is 0 Å². The van der Waals surface area contributed by atoms with Crippen LogP contribution in [0.5, 0.6) is 5.75 Å². The number of ether oxygens (including phenoxy) is 1. The van der Waals surface area contributed by atoms with Gasteiger partial charge < -0.3 is 4.74 Å². The molecule has 0 radical (unpaired) electrons. The molecule has 0 atom stereocenters. The molecule has 5 heteroatoms. The van der Waals surface area contributed by atoms with Gasteiger partial charge in [-0.05, 0) is 11.6 Å². The predicted octanol–water partition coefficient (Wildman–Crippen LogP) is 4.44. The highest BCUT2D eigenvalue weighted by Gasteiger charge is 2.09. The Morgan fingerprint density at radius 2 is 1.75 bits per heavy atom. The highest BCUT2D eigenvalue weighted by molar-refractivity contribution is 7.10. The SMILES string of the molecule is Clc1snnc1COc1ccccc1-c1ccccc1. The molecule has 0 amide bonds. The summed E-state index contributed by atoms with van der Waals surface area (Å²) >= 11 is 7.14. The van der Waals surface area contributed by atoms with E-state index < -0.39 is 0 Å². The third-order valence-electron chi connectivity index (χ3n) is 2.85. The Labute approximate surface area is 126 Å². The lowest BCUT2D eigenvalue weighted by Gasteiger charge is -2.10. The summed E-state index contributed by atoms with van der Waals surface area (Å²) in [6.45, 7) is 0.319. The minimum Gasteiger partial charge on any atom is -0.486 e. The van der Waals surface area contributed by atoms with Crippen LogP contribution >= 0.6 is 23.1 Å². The van der Waals surface area contributed by atoms with Gasteiger partial charge in [0.05, 0.1) is 0 Å². The summed E-state index contributed by atoms with van der Waals surface area (Å²) in [6, 6.07) is 18.0. The number of halogens is 1. The van der Waals surface area contributed by atoms with Crippen molar-refractivity contribution in [2.45, 2.75) is 6.61 Å². The molecular formula is C15H11ClN2OS. The molecule has 0 N–H and O–H groups in total. The van der Waals surface area contributed by atoms with Gasteiger partial charge >= 0.3 is 0 Å². The lowest BCUT2D eigenvalue weighted by Crippen LogP contribution is -1.98. The molecule has 0 fully saturated rings. The molecule has 0 aliphatic heterocycles. The summed E-state index contributed by atoms with van der Waals surface area (Å²) in [5, 5.41) is 3.94. The normalized spacial score (nSPS) is 10.4. The van der Waals surface area contributed by atoms with Crippen LogP contribution < -0.4 is 4.74 Å². The molecular weight excluding hydrogens is 292 g/mol. The lowest BCUT2D eigenvalue weighted by molar-refractivity contribution is 0.302.